The standard InChI is InChI=1S/C17H20O/c1-13-7-6-9-15(11-13)12-17(3,18)16-10-5-4-8-14(16)2/h4-11,18H,12H2,1-3H3. The summed E-state index contributed by atoms with van der Waals surface area (Å²) in [6, 6.07) is 16.3. The van der Waals surface area contributed by atoms with Crippen LogP contribution < -0.4 is 0 Å². The molecule has 1 atom stereocenters. The van der Waals surface area contributed by atoms with Crippen LogP contribution in [-0.4, -0.2) is 5.11 Å². The van der Waals surface area contributed by atoms with Gasteiger partial charge in [0.1, 0.15) is 0 Å². The molecule has 0 amide bonds. The van der Waals surface area contributed by atoms with Crippen molar-refractivity contribution in [2.75, 3.05) is 0 Å². The third kappa shape index (κ3) is 2.80. The summed E-state index contributed by atoms with van der Waals surface area (Å²) in [6.45, 7) is 6.00. The highest BCUT2D eigenvalue weighted by atomic mass is 16.3. The van der Waals surface area contributed by atoms with Crippen LogP contribution in [-0.2, 0) is 12.0 Å². The van der Waals surface area contributed by atoms with Gasteiger partial charge in [-0.3, -0.25) is 0 Å². The van der Waals surface area contributed by atoms with Crippen molar-refractivity contribution < 1.29 is 5.11 Å². The molecule has 0 fully saturated rings. The summed E-state index contributed by atoms with van der Waals surface area (Å²) in [5.74, 6) is 0. The maximum Gasteiger partial charge on any atom is 0.0911 e. The molecule has 0 aromatic heterocycles. The smallest absolute Gasteiger partial charge is 0.0911 e. The Morgan fingerprint density at radius 2 is 1.72 bits per heavy atom. The van der Waals surface area contributed by atoms with E-state index in [1.54, 1.807) is 0 Å². The van der Waals surface area contributed by atoms with Crippen molar-refractivity contribution in [3.05, 3.63) is 70.8 Å². The lowest BCUT2D eigenvalue weighted by molar-refractivity contribution is 0.0570. The van der Waals surface area contributed by atoms with Gasteiger partial charge >= 0.3 is 0 Å². The summed E-state index contributed by atoms with van der Waals surface area (Å²) in [5.41, 5.74) is 3.72. The third-order valence-electron chi connectivity index (χ3n) is 3.36. The molecule has 0 aliphatic heterocycles. The predicted octanol–water partition coefficient (Wildman–Crippen LogP) is 3.75. The molecule has 2 aromatic carbocycles. The van der Waals surface area contributed by atoms with Crippen molar-refractivity contribution >= 4 is 0 Å². The number of benzene rings is 2. The van der Waals surface area contributed by atoms with Crippen LogP contribution in [0.4, 0.5) is 0 Å². The quantitative estimate of drug-likeness (QED) is 0.866. The zero-order valence-electron chi connectivity index (χ0n) is 11.3. The fraction of sp³-hybridized carbons (Fsp3) is 0.294. The minimum Gasteiger partial charge on any atom is -0.385 e. The van der Waals surface area contributed by atoms with Crippen LogP contribution in [0.1, 0.15) is 29.2 Å². The third-order valence-corrected chi connectivity index (χ3v) is 3.36. The van der Waals surface area contributed by atoms with Gasteiger partial charge in [0.25, 0.3) is 0 Å². The molecular formula is C17H20O. The first-order valence-electron chi connectivity index (χ1n) is 6.33. The first-order valence-corrected chi connectivity index (χ1v) is 6.33. The lowest BCUT2D eigenvalue weighted by atomic mass is 9.86. The molecule has 0 aliphatic rings. The molecule has 1 nitrogen and oxygen atoms in total. The van der Waals surface area contributed by atoms with Gasteiger partial charge in [-0.1, -0.05) is 54.1 Å². The highest BCUT2D eigenvalue weighted by molar-refractivity contribution is 5.33. The average molecular weight is 240 g/mol. The van der Waals surface area contributed by atoms with Gasteiger partial charge in [0.2, 0.25) is 0 Å². The normalized spacial score (nSPS) is 14.2. The van der Waals surface area contributed by atoms with Gasteiger partial charge in [-0.25, -0.2) is 0 Å². The number of hydrogen-bond donors (Lipinski definition) is 1. The van der Waals surface area contributed by atoms with Crippen LogP contribution in [0, 0.1) is 13.8 Å². The Morgan fingerprint density at radius 1 is 1.00 bits per heavy atom. The minimum absolute atomic E-state index is 0.638. The Balaban J connectivity index is 2.30. The lowest BCUT2D eigenvalue weighted by Crippen LogP contribution is -2.25. The van der Waals surface area contributed by atoms with Crippen LogP contribution in [0.25, 0.3) is 0 Å². The topological polar surface area (TPSA) is 20.2 Å². The molecule has 18 heavy (non-hydrogen) atoms. The first-order chi connectivity index (χ1) is 8.49. The zero-order valence-corrected chi connectivity index (χ0v) is 11.3. The van der Waals surface area contributed by atoms with E-state index >= 15 is 0 Å². The van der Waals surface area contributed by atoms with Gasteiger partial charge in [0.15, 0.2) is 0 Å². The second-order valence-corrected chi connectivity index (χ2v) is 5.25. The Hall–Kier alpha value is -1.60. The summed E-state index contributed by atoms with van der Waals surface area (Å²) < 4.78 is 0. The van der Waals surface area contributed by atoms with Crippen LogP contribution in [0.15, 0.2) is 48.5 Å². The zero-order chi connectivity index (χ0) is 13.2. The molecule has 94 valence electrons. The minimum atomic E-state index is -0.820. The van der Waals surface area contributed by atoms with Crippen molar-refractivity contribution in [2.24, 2.45) is 0 Å². The van der Waals surface area contributed by atoms with Crippen LogP contribution in [0.5, 0.6) is 0 Å². The largest absolute Gasteiger partial charge is 0.385 e. The number of rotatable bonds is 3. The summed E-state index contributed by atoms with van der Waals surface area (Å²) >= 11 is 0. The van der Waals surface area contributed by atoms with Crippen molar-refractivity contribution in [3.63, 3.8) is 0 Å². The summed E-state index contributed by atoms with van der Waals surface area (Å²) in [5, 5.41) is 10.7. The van der Waals surface area contributed by atoms with Crippen molar-refractivity contribution in [1.29, 1.82) is 0 Å². The SMILES string of the molecule is Cc1cccc(CC(C)(O)c2ccccc2C)c1. The highest BCUT2D eigenvalue weighted by Gasteiger charge is 2.24. The van der Waals surface area contributed by atoms with E-state index in [0.717, 1.165) is 11.1 Å². The predicted molar refractivity (Wildman–Crippen MR) is 75.6 cm³/mol. The lowest BCUT2D eigenvalue weighted by Gasteiger charge is -2.26. The highest BCUT2D eigenvalue weighted by Crippen LogP contribution is 2.27. The molecule has 1 heteroatoms. The van der Waals surface area contributed by atoms with E-state index in [2.05, 4.69) is 25.1 Å². The van der Waals surface area contributed by atoms with E-state index < -0.39 is 5.60 Å². The second kappa shape index (κ2) is 4.95. The van der Waals surface area contributed by atoms with E-state index in [0.29, 0.717) is 6.42 Å². The van der Waals surface area contributed by atoms with Crippen LogP contribution >= 0.6 is 0 Å². The fourth-order valence-electron chi connectivity index (χ4n) is 2.49. The molecule has 0 bridgehead atoms. The summed E-state index contributed by atoms with van der Waals surface area (Å²) in [7, 11) is 0. The van der Waals surface area contributed by atoms with Crippen LogP contribution in [0.3, 0.4) is 0 Å². The van der Waals surface area contributed by atoms with E-state index in [4.69, 9.17) is 0 Å². The van der Waals surface area contributed by atoms with Gasteiger partial charge < -0.3 is 5.11 Å². The Morgan fingerprint density at radius 3 is 2.39 bits per heavy atom. The first kappa shape index (κ1) is 12.8. The van der Waals surface area contributed by atoms with Crippen molar-refractivity contribution in [2.45, 2.75) is 32.8 Å². The molecule has 0 spiro atoms. The van der Waals surface area contributed by atoms with Gasteiger partial charge in [-0.05, 0) is 37.5 Å². The van der Waals surface area contributed by atoms with Gasteiger partial charge in [-0.2, -0.15) is 0 Å². The number of aryl methyl sites for hydroxylation is 2. The Kier molecular flexibility index (Phi) is 3.53. The van der Waals surface area contributed by atoms with E-state index in [1.165, 1.54) is 11.1 Å². The molecule has 2 rings (SSSR count). The maximum absolute atomic E-state index is 10.7. The maximum atomic E-state index is 10.7. The summed E-state index contributed by atoms with van der Waals surface area (Å²) in [6.07, 6.45) is 0.638. The van der Waals surface area contributed by atoms with E-state index in [1.807, 2.05) is 44.2 Å². The number of aliphatic hydroxyl groups is 1. The molecule has 0 saturated heterocycles. The van der Waals surface area contributed by atoms with Crippen LogP contribution in [0.2, 0.25) is 0 Å². The Labute approximate surface area is 109 Å². The fourth-order valence-corrected chi connectivity index (χ4v) is 2.49. The average Bonchev–Trinajstić information content (AvgIpc) is 2.28. The van der Waals surface area contributed by atoms with Crippen molar-refractivity contribution in [3.8, 4) is 0 Å². The van der Waals surface area contributed by atoms with Gasteiger partial charge in [0.05, 0.1) is 5.60 Å². The molecule has 0 radical (unpaired) electrons. The molecule has 0 saturated carbocycles. The number of hydrogen-bond acceptors (Lipinski definition) is 1. The molecule has 2 aromatic rings. The van der Waals surface area contributed by atoms with Gasteiger partial charge in [0, 0.05) is 6.42 Å². The molecule has 0 aliphatic carbocycles. The second-order valence-electron chi connectivity index (χ2n) is 5.25. The molecule has 0 heterocycles. The summed E-state index contributed by atoms with van der Waals surface area (Å²) in [4.78, 5) is 0. The molecular weight excluding hydrogens is 220 g/mol. The molecule has 1 unspecified atom stereocenters. The monoisotopic (exact) mass is 240 g/mol. The van der Waals surface area contributed by atoms with Crippen molar-refractivity contribution in [1.82, 2.24) is 0 Å². The molecule has 1 N–H and O–H groups in total. The Bertz CT molecular complexity index is 541. The van der Waals surface area contributed by atoms with E-state index in [9.17, 15) is 5.11 Å². The van der Waals surface area contributed by atoms with E-state index in [-0.39, 0.29) is 0 Å². The van der Waals surface area contributed by atoms with Gasteiger partial charge in [-0.15, -0.1) is 0 Å².